The Bertz CT molecular complexity index is 867. The molecule has 25 heavy (non-hydrogen) atoms. The van der Waals surface area contributed by atoms with E-state index in [0.717, 1.165) is 32.2 Å². The van der Waals surface area contributed by atoms with Crippen molar-refractivity contribution in [2.75, 3.05) is 13.1 Å². The highest BCUT2D eigenvalue weighted by molar-refractivity contribution is 7.89. The molecule has 0 aromatic heterocycles. The molecule has 134 valence electrons. The van der Waals surface area contributed by atoms with Crippen molar-refractivity contribution in [2.24, 2.45) is 0 Å². The van der Waals surface area contributed by atoms with E-state index in [0.29, 0.717) is 11.4 Å². The first-order chi connectivity index (χ1) is 11.6. The normalized spacial score (nSPS) is 19.0. The van der Waals surface area contributed by atoms with E-state index >= 15 is 0 Å². The molecule has 0 amide bonds. The highest BCUT2D eigenvalue weighted by atomic mass is 35.5. The molecule has 2 aromatic rings. The molecule has 2 aromatic carbocycles. The molecule has 2 aliphatic rings. The van der Waals surface area contributed by atoms with Gasteiger partial charge >= 0.3 is 0 Å². The minimum atomic E-state index is -3.47. The monoisotopic (exact) mass is 378 g/mol. The fourth-order valence-electron chi connectivity index (χ4n) is 3.77. The SMILES string of the molecule is Cl.O=S(=O)(NCC1NCCc2ccccc21)c1ccc2c(c1)CCC2. The van der Waals surface area contributed by atoms with Gasteiger partial charge in [0.1, 0.15) is 0 Å². The summed E-state index contributed by atoms with van der Waals surface area (Å²) in [6.07, 6.45) is 4.15. The molecule has 6 heteroatoms. The van der Waals surface area contributed by atoms with E-state index < -0.39 is 10.0 Å². The first kappa shape index (κ1) is 18.4. The molecule has 0 fully saturated rings. The van der Waals surface area contributed by atoms with Crippen LogP contribution in [-0.4, -0.2) is 21.5 Å². The fraction of sp³-hybridized carbons (Fsp3) is 0.368. The molecular formula is C19H23ClN2O2S. The molecule has 0 spiro atoms. The first-order valence-electron chi connectivity index (χ1n) is 8.56. The number of fused-ring (bicyclic) bond motifs is 2. The summed E-state index contributed by atoms with van der Waals surface area (Å²) in [5.41, 5.74) is 4.97. The third kappa shape index (κ3) is 3.75. The van der Waals surface area contributed by atoms with Crippen LogP contribution in [0.3, 0.4) is 0 Å². The lowest BCUT2D eigenvalue weighted by atomic mass is 9.95. The Balaban J connectivity index is 0.00000182. The molecule has 1 aliphatic heterocycles. The van der Waals surface area contributed by atoms with Crippen molar-refractivity contribution in [3.05, 3.63) is 64.7 Å². The Kier molecular flexibility index (Phi) is 5.49. The smallest absolute Gasteiger partial charge is 0.240 e. The van der Waals surface area contributed by atoms with E-state index in [1.807, 2.05) is 24.3 Å². The quantitative estimate of drug-likeness (QED) is 0.860. The summed E-state index contributed by atoms with van der Waals surface area (Å²) in [5, 5.41) is 3.41. The average Bonchev–Trinajstić information content (AvgIpc) is 3.07. The summed E-state index contributed by atoms with van der Waals surface area (Å²) < 4.78 is 28.1. The van der Waals surface area contributed by atoms with E-state index in [2.05, 4.69) is 22.2 Å². The molecule has 0 bridgehead atoms. The van der Waals surface area contributed by atoms with Gasteiger partial charge in [-0.15, -0.1) is 12.4 Å². The highest BCUT2D eigenvalue weighted by Crippen LogP contribution is 2.25. The van der Waals surface area contributed by atoms with Crippen molar-refractivity contribution in [1.82, 2.24) is 10.0 Å². The lowest BCUT2D eigenvalue weighted by Gasteiger charge is -2.27. The van der Waals surface area contributed by atoms with Crippen LogP contribution in [0.2, 0.25) is 0 Å². The van der Waals surface area contributed by atoms with Gasteiger partial charge in [-0.1, -0.05) is 30.3 Å². The van der Waals surface area contributed by atoms with Crippen molar-refractivity contribution in [1.29, 1.82) is 0 Å². The number of nitrogens with one attached hydrogen (secondary N) is 2. The van der Waals surface area contributed by atoms with Gasteiger partial charge in [-0.05, 0) is 66.6 Å². The van der Waals surface area contributed by atoms with Crippen molar-refractivity contribution in [2.45, 2.75) is 36.6 Å². The Hall–Kier alpha value is -1.40. The molecular weight excluding hydrogens is 356 g/mol. The van der Waals surface area contributed by atoms with Crippen molar-refractivity contribution in [3.63, 3.8) is 0 Å². The maximum absolute atomic E-state index is 12.6. The Labute approximate surface area is 155 Å². The molecule has 0 saturated heterocycles. The summed E-state index contributed by atoms with van der Waals surface area (Å²) in [5.74, 6) is 0. The summed E-state index contributed by atoms with van der Waals surface area (Å²) in [6, 6.07) is 13.8. The number of rotatable bonds is 4. The second-order valence-electron chi connectivity index (χ2n) is 6.59. The average molecular weight is 379 g/mol. The second kappa shape index (κ2) is 7.46. The lowest BCUT2D eigenvalue weighted by Crippen LogP contribution is -2.38. The first-order valence-corrected chi connectivity index (χ1v) is 10.0. The van der Waals surface area contributed by atoms with E-state index in [1.165, 1.54) is 22.3 Å². The zero-order valence-electron chi connectivity index (χ0n) is 14.0. The van der Waals surface area contributed by atoms with E-state index in [4.69, 9.17) is 0 Å². The van der Waals surface area contributed by atoms with Crippen LogP contribution in [0.25, 0.3) is 0 Å². The number of hydrogen-bond acceptors (Lipinski definition) is 3. The van der Waals surface area contributed by atoms with E-state index in [1.54, 1.807) is 6.07 Å². The summed E-state index contributed by atoms with van der Waals surface area (Å²) >= 11 is 0. The molecule has 1 heterocycles. The number of aryl methyl sites for hydroxylation is 2. The van der Waals surface area contributed by atoms with Gasteiger partial charge < -0.3 is 5.32 Å². The molecule has 2 N–H and O–H groups in total. The van der Waals surface area contributed by atoms with Crippen LogP contribution in [0, 0.1) is 0 Å². The maximum atomic E-state index is 12.6. The molecule has 1 atom stereocenters. The summed E-state index contributed by atoms with van der Waals surface area (Å²) in [4.78, 5) is 0.382. The summed E-state index contributed by atoms with van der Waals surface area (Å²) in [6.45, 7) is 1.25. The Morgan fingerprint density at radius 3 is 2.68 bits per heavy atom. The highest BCUT2D eigenvalue weighted by Gasteiger charge is 2.23. The third-order valence-electron chi connectivity index (χ3n) is 5.07. The Morgan fingerprint density at radius 1 is 1.00 bits per heavy atom. The van der Waals surface area contributed by atoms with Crippen LogP contribution in [0.15, 0.2) is 47.4 Å². The predicted molar refractivity (Wildman–Crippen MR) is 102 cm³/mol. The van der Waals surface area contributed by atoms with E-state index in [-0.39, 0.29) is 18.4 Å². The van der Waals surface area contributed by atoms with Gasteiger partial charge in [-0.2, -0.15) is 0 Å². The van der Waals surface area contributed by atoms with Crippen LogP contribution in [0.1, 0.15) is 34.7 Å². The van der Waals surface area contributed by atoms with Crippen LogP contribution < -0.4 is 10.0 Å². The van der Waals surface area contributed by atoms with Gasteiger partial charge in [0.15, 0.2) is 0 Å². The van der Waals surface area contributed by atoms with Gasteiger partial charge in [0, 0.05) is 12.6 Å². The molecule has 4 rings (SSSR count). The van der Waals surface area contributed by atoms with Gasteiger partial charge in [0.25, 0.3) is 0 Å². The number of sulfonamides is 1. The van der Waals surface area contributed by atoms with E-state index in [9.17, 15) is 8.42 Å². The van der Waals surface area contributed by atoms with Crippen LogP contribution in [-0.2, 0) is 29.3 Å². The minimum Gasteiger partial charge on any atom is -0.308 e. The van der Waals surface area contributed by atoms with Crippen molar-refractivity contribution >= 4 is 22.4 Å². The molecule has 0 radical (unpaired) electrons. The zero-order chi connectivity index (χ0) is 16.6. The lowest BCUT2D eigenvalue weighted by molar-refractivity contribution is 0.491. The largest absolute Gasteiger partial charge is 0.308 e. The zero-order valence-corrected chi connectivity index (χ0v) is 15.6. The van der Waals surface area contributed by atoms with Crippen LogP contribution in [0.4, 0.5) is 0 Å². The van der Waals surface area contributed by atoms with Crippen molar-refractivity contribution < 1.29 is 8.42 Å². The summed E-state index contributed by atoms with van der Waals surface area (Å²) in [7, 11) is -3.47. The van der Waals surface area contributed by atoms with Gasteiger partial charge in [0.2, 0.25) is 10.0 Å². The molecule has 1 unspecified atom stereocenters. The van der Waals surface area contributed by atoms with Crippen molar-refractivity contribution in [3.8, 4) is 0 Å². The maximum Gasteiger partial charge on any atom is 0.240 e. The molecule has 0 saturated carbocycles. The number of halogens is 1. The number of hydrogen-bond donors (Lipinski definition) is 2. The molecule has 4 nitrogen and oxygen atoms in total. The predicted octanol–water partition coefficient (Wildman–Crippen LogP) is 2.76. The topological polar surface area (TPSA) is 58.2 Å². The van der Waals surface area contributed by atoms with Gasteiger partial charge in [-0.3, -0.25) is 0 Å². The van der Waals surface area contributed by atoms with Crippen LogP contribution in [0.5, 0.6) is 0 Å². The number of benzene rings is 2. The fourth-order valence-corrected chi connectivity index (χ4v) is 4.86. The second-order valence-corrected chi connectivity index (χ2v) is 8.36. The molecule has 1 aliphatic carbocycles. The van der Waals surface area contributed by atoms with Gasteiger partial charge in [-0.25, -0.2) is 13.1 Å². The third-order valence-corrected chi connectivity index (χ3v) is 6.49. The Morgan fingerprint density at radius 2 is 1.80 bits per heavy atom. The minimum absolute atomic E-state index is 0. The van der Waals surface area contributed by atoms with Crippen LogP contribution >= 0.6 is 12.4 Å². The standard InChI is InChI=1S/C19H22N2O2S.ClH/c22-24(23,17-9-8-14-5-3-6-16(14)12-17)21-13-19-18-7-2-1-4-15(18)10-11-20-19;/h1-2,4,7-9,12,19-21H,3,5-6,10-11,13H2;1H. The van der Waals surface area contributed by atoms with Gasteiger partial charge in [0.05, 0.1) is 4.90 Å².